The van der Waals surface area contributed by atoms with Gasteiger partial charge in [-0.05, 0) is 247 Å². The van der Waals surface area contributed by atoms with Crippen molar-refractivity contribution in [2.75, 3.05) is 61.2 Å². The molecule has 20 nitrogen and oxygen atoms in total. The van der Waals surface area contributed by atoms with E-state index in [1.165, 1.54) is 24.3 Å². The number of hydrogen-bond donors (Lipinski definition) is 4. The van der Waals surface area contributed by atoms with Gasteiger partial charge in [0.1, 0.15) is 70.2 Å². The number of nitrogens with one attached hydrogen (secondary N) is 4. The van der Waals surface area contributed by atoms with Gasteiger partial charge in [-0.2, -0.15) is 0 Å². The summed E-state index contributed by atoms with van der Waals surface area (Å²) in [5.41, 5.74) is 15.9. The summed E-state index contributed by atoms with van der Waals surface area (Å²) in [4.78, 5) is 73.5. The molecule has 15 aromatic rings. The topological polar surface area (TPSA) is 218 Å². The fourth-order valence-corrected chi connectivity index (χ4v) is 18.3. The highest BCUT2D eigenvalue weighted by molar-refractivity contribution is 9.10. The predicted octanol–water partition coefficient (Wildman–Crippen LogP) is 24.4. The van der Waals surface area contributed by atoms with E-state index < -0.39 is 30.1 Å². The molecule has 8 heterocycles. The van der Waals surface area contributed by atoms with Crippen LogP contribution in [0.3, 0.4) is 0 Å². The summed E-state index contributed by atoms with van der Waals surface area (Å²) in [6.45, 7) is 3.77. The lowest BCUT2D eigenvalue weighted by atomic mass is 9.92. The third-order valence-electron chi connectivity index (χ3n) is 22.6. The number of aromatic nitrogens is 4. The third kappa shape index (κ3) is 18.2. The molecule has 4 amide bonds. The van der Waals surface area contributed by atoms with Crippen LogP contribution in [0.15, 0.2) is 247 Å². The number of fused-ring (bicyclic) bond motifs is 12. The van der Waals surface area contributed by atoms with Crippen LogP contribution in [0.25, 0.3) is 43.6 Å². The fraction of sp³-hybridized carbons (Fsp3) is 0.184. The summed E-state index contributed by atoms with van der Waals surface area (Å²) in [6, 6.07) is 72.0. The van der Waals surface area contributed by atoms with Crippen molar-refractivity contribution in [1.82, 2.24) is 39.5 Å². The number of benzene rings is 11. The highest BCUT2D eigenvalue weighted by Crippen LogP contribution is 2.47. The number of carbonyl (C=O) groups excluding carboxylic acids is 4. The van der Waals surface area contributed by atoms with Gasteiger partial charge in [-0.15, -0.1) is 5.92 Å². The number of nitrogens with zero attached hydrogens (tertiary/aromatic N) is 4. The van der Waals surface area contributed by atoms with Crippen molar-refractivity contribution in [3.05, 3.63) is 345 Å². The molecule has 0 saturated heterocycles. The molecule has 0 spiro atoms. The van der Waals surface area contributed by atoms with Crippen molar-refractivity contribution >= 4 is 142 Å². The van der Waals surface area contributed by atoms with E-state index in [0.717, 1.165) is 138 Å². The molecule has 0 fully saturated rings. The Hall–Kier alpha value is -12.7. The van der Waals surface area contributed by atoms with Crippen LogP contribution in [0.2, 0.25) is 25.1 Å². The maximum atomic E-state index is 13.3. The van der Waals surface area contributed by atoms with Crippen molar-refractivity contribution in [3.63, 3.8) is 0 Å². The fourth-order valence-electron chi connectivity index (χ4n) is 16.8. The van der Waals surface area contributed by atoms with Gasteiger partial charge in [-0.3, -0.25) is 19.6 Å². The Bertz CT molecular complexity index is 6060. The molecule has 0 aliphatic carbocycles. The predicted molar refractivity (Wildman–Crippen MR) is 489 cm³/mol. The molecular weight excluding hydrogens is 1760 g/mol. The Morgan fingerprint density at radius 3 is 0.888 bits per heavy atom. The first-order valence-corrected chi connectivity index (χ1v) is 42.7. The molecule has 4 atom stereocenters. The van der Waals surface area contributed by atoms with Gasteiger partial charge in [-0.1, -0.05) is 153 Å². The normalized spacial score (nSPS) is 15.5. The van der Waals surface area contributed by atoms with Gasteiger partial charge < -0.3 is 57.8 Å². The van der Waals surface area contributed by atoms with Crippen LogP contribution in [0.5, 0.6) is 40.2 Å². The summed E-state index contributed by atoms with van der Waals surface area (Å²) in [7, 11) is 6.50. The van der Waals surface area contributed by atoms with E-state index in [2.05, 4.69) is 47.7 Å². The lowest BCUT2D eigenvalue weighted by Crippen LogP contribution is -2.42. The Kier molecular flexibility index (Phi) is 26.2. The largest absolute Gasteiger partial charge is 0.497 e. The molecule has 0 saturated carbocycles. The van der Waals surface area contributed by atoms with Crippen LogP contribution in [-0.4, -0.2) is 125 Å². The van der Waals surface area contributed by atoms with Gasteiger partial charge in [0.05, 0.1) is 48.5 Å². The first-order chi connectivity index (χ1) is 60.8. The number of aromatic amines is 4. The van der Waals surface area contributed by atoms with E-state index in [4.69, 9.17) is 95.9 Å². The third-order valence-corrected chi connectivity index (χ3v) is 24.6. The van der Waals surface area contributed by atoms with E-state index in [-0.39, 0.29) is 36.6 Å². The minimum absolute atomic E-state index is 0.0759. The number of carbonyl (C=O) groups is 4. The van der Waals surface area contributed by atoms with E-state index >= 15 is 0 Å². The van der Waals surface area contributed by atoms with E-state index in [1.807, 2.05) is 182 Å². The van der Waals surface area contributed by atoms with Crippen molar-refractivity contribution in [2.45, 2.75) is 56.8 Å². The Morgan fingerprint density at radius 2 is 0.616 bits per heavy atom. The molecule has 27 heteroatoms. The number of hydrogen-bond acceptors (Lipinski definition) is 12. The molecule has 0 radical (unpaired) electrons. The highest BCUT2D eigenvalue weighted by atomic mass is 79.9. The summed E-state index contributed by atoms with van der Waals surface area (Å²) in [5, 5.41) is 7.40. The summed E-state index contributed by atoms with van der Waals surface area (Å²) in [5.74, 6) is 9.35. The van der Waals surface area contributed by atoms with Gasteiger partial charge >= 0.3 is 24.4 Å². The lowest BCUT2D eigenvalue weighted by molar-refractivity contribution is 0.0992. The second kappa shape index (κ2) is 38.2. The first kappa shape index (κ1) is 85.8. The number of rotatable bonds is 12. The van der Waals surface area contributed by atoms with Gasteiger partial charge in [0.25, 0.3) is 0 Å². The first-order valence-electron chi connectivity index (χ1n) is 40.1. The lowest BCUT2D eigenvalue weighted by Gasteiger charge is -2.35. The maximum absolute atomic E-state index is 13.3. The average Bonchev–Trinajstić information content (AvgIpc) is 1.63. The summed E-state index contributed by atoms with van der Waals surface area (Å²) in [6.07, 6.45) is 0.955. The van der Waals surface area contributed by atoms with Crippen LogP contribution >= 0.6 is 73.9 Å². The van der Waals surface area contributed by atoms with Gasteiger partial charge in [0, 0.05) is 102 Å². The minimum atomic E-state index is -0.507. The smallest absolute Gasteiger partial charge is 0.416 e. The molecule has 19 rings (SSSR count). The van der Waals surface area contributed by atoms with Gasteiger partial charge in [0.2, 0.25) is 0 Å². The van der Waals surface area contributed by atoms with Crippen molar-refractivity contribution in [2.24, 2.45) is 0 Å². The highest BCUT2D eigenvalue weighted by Gasteiger charge is 2.41. The SMILES string of the molecule is CC#CCOC(=O)N1CCc2c([nH]c3cccc(Cl)c23)C1c1ccc(OC)cc1.COc1ccc(C2c3[nH]c4cccc(Cl)c4c3CCN2C(=O)Oc2ccc(Br)cc2)cc1.COc1ccc(C2c3[nH]c4cccc(Cl)c4c3CCN2C(=O)Oc2ccc(Cl)cc2)cc1.COc1ccc(C2c3[nH]c4cccc(Cl)c4c3CCN2C(=O)Oc2ccc(F)cc2)cc1. The molecule has 634 valence electrons. The number of halogens is 7. The zero-order chi connectivity index (χ0) is 87.1. The minimum Gasteiger partial charge on any atom is -0.497 e. The van der Waals surface area contributed by atoms with Crippen LogP contribution in [0.1, 0.15) is 98.4 Å². The molecule has 0 bridgehead atoms. The molecule has 125 heavy (non-hydrogen) atoms. The van der Waals surface area contributed by atoms with Crippen LogP contribution in [0, 0.1) is 17.7 Å². The summed E-state index contributed by atoms with van der Waals surface area (Å²) >= 11 is 35.4. The number of amides is 4. The molecule has 4 aromatic heterocycles. The van der Waals surface area contributed by atoms with Crippen molar-refractivity contribution in [1.29, 1.82) is 0 Å². The van der Waals surface area contributed by atoms with E-state index in [0.29, 0.717) is 88.5 Å². The zero-order valence-electron chi connectivity index (χ0n) is 68.1. The van der Waals surface area contributed by atoms with Crippen LogP contribution in [0.4, 0.5) is 23.6 Å². The van der Waals surface area contributed by atoms with Crippen molar-refractivity contribution in [3.8, 4) is 52.1 Å². The monoisotopic (exact) mass is 1830 g/mol. The average molecular weight is 1840 g/mol. The standard InChI is InChI=1S/C25H20BrClN2O3.C25H20Cl2N2O3.C25H20ClFN2O3.C23H21ClN2O3/c2*1-31-17-9-5-15(6-10-17)24-23-19(22-20(27)3-2-4-21(22)28-23)13-14-29(24)25(30)32-18-11-7-16(26)8-12-18;1-31-17-9-5-15(6-10-17)24-23-19(22-20(26)3-2-4-21(22)28-23)13-14-29(24)25(30)32-18-11-7-16(27)8-12-18;1-3-4-14-29-23(27)26-13-12-17-20-18(24)6-5-7-19(20)25-21(17)22(26)15-8-10-16(28-2)11-9-15/h3*2-12,24,28H,13-14H2,1H3;5-11,22,25H,12-14H2,1-2H3. The molecule has 4 N–H and O–H groups in total. The number of methoxy groups -OCH3 is 4. The maximum Gasteiger partial charge on any atom is 0.416 e. The molecule has 4 unspecified atom stereocenters. The van der Waals surface area contributed by atoms with E-state index in [9.17, 15) is 23.6 Å². The second-order valence-electron chi connectivity index (χ2n) is 29.6. The van der Waals surface area contributed by atoms with Gasteiger partial charge in [-0.25, -0.2) is 23.6 Å². The van der Waals surface area contributed by atoms with Crippen LogP contribution < -0.4 is 33.2 Å². The number of ether oxygens (including phenoxy) is 8. The zero-order valence-corrected chi connectivity index (χ0v) is 73.5. The molecule has 4 aliphatic heterocycles. The Labute approximate surface area is 752 Å². The van der Waals surface area contributed by atoms with Crippen molar-refractivity contribution < 1.29 is 61.5 Å². The van der Waals surface area contributed by atoms with E-state index in [1.54, 1.807) is 91.4 Å². The van der Waals surface area contributed by atoms with Gasteiger partial charge in [0.15, 0.2) is 6.61 Å². The molecule has 4 aliphatic rings. The Morgan fingerprint density at radius 1 is 0.360 bits per heavy atom. The quantitative estimate of drug-likeness (QED) is 0.0840. The molecule has 11 aromatic carbocycles. The molecular formula is C98H81BrCl5FN8O12. The Balaban J connectivity index is 0.000000123. The van der Waals surface area contributed by atoms with Crippen LogP contribution in [-0.2, 0) is 30.4 Å². The second-order valence-corrected chi connectivity index (χ2v) is 32.6. The summed E-state index contributed by atoms with van der Waals surface area (Å²) < 4.78 is 57.7. The number of H-pyrrole nitrogens is 4.